The van der Waals surface area contributed by atoms with E-state index < -0.39 is 0 Å². The largest absolute Gasteiger partial charge is 0.459 e. The Bertz CT molecular complexity index is 1090. The van der Waals surface area contributed by atoms with Gasteiger partial charge in [-0.1, -0.05) is 0 Å². The molecule has 1 saturated heterocycles. The average Bonchev–Trinajstić information content (AvgIpc) is 3.35. The number of carbonyl (C=O) groups excluding carboxylic acids is 2. The van der Waals surface area contributed by atoms with Gasteiger partial charge in [0.2, 0.25) is 5.91 Å². The average molecular weight is 397 g/mol. The standard InChI is InChI=1S/C20H23N5O4/c1-14(2)25-18-15(5-3-7-21-18)24(20(25)28)13-17(26)22-8-10-23(11-9-22)19(27)16-6-4-12-29-16/h3-7,12,14H,8-11,13H2,1-2H3. The van der Waals surface area contributed by atoms with Gasteiger partial charge in [-0.15, -0.1) is 0 Å². The maximum atomic E-state index is 12.9. The van der Waals surface area contributed by atoms with E-state index >= 15 is 0 Å². The molecule has 0 unspecified atom stereocenters. The van der Waals surface area contributed by atoms with Crippen molar-refractivity contribution < 1.29 is 14.0 Å². The van der Waals surface area contributed by atoms with E-state index in [0.29, 0.717) is 43.1 Å². The SMILES string of the molecule is CC(C)n1c(=O)n(CC(=O)N2CCN(C(=O)c3ccco3)CC2)c2cccnc21. The van der Waals surface area contributed by atoms with Crippen LogP contribution in [0, 0.1) is 0 Å². The molecule has 0 aromatic carbocycles. The molecule has 0 spiro atoms. The summed E-state index contributed by atoms with van der Waals surface area (Å²) in [7, 11) is 0. The summed E-state index contributed by atoms with van der Waals surface area (Å²) in [6.07, 6.45) is 3.11. The normalized spacial score (nSPS) is 14.7. The lowest BCUT2D eigenvalue weighted by Crippen LogP contribution is -2.51. The molecule has 9 heteroatoms. The smallest absolute Gasteiger partial charge is 0.331 e. The Balaban J connectivity index is 1.48. The van der Waals surface area contributed by atoms with Crippen molar-refractivity contribution >= 4 is 23.0 Å². The van der Waals surface area contributed by atoms with Crippen LogP contribution in [0.4, 0.5) is 0 Å². The third-order valence-corrected chi connectivity index (χ3v) is 5.18. The number of furan rings is 1. The Morgan fingerprint density at radius 3 is 2.48 bits per heavy atom. The van der Waals surface area contributed by atoms with E-state index in [4.69, 9.17) is 4.42 Å². The van der Waals surface area contributed by atoms with Crippen LogP contribution < -0.4 is 5.69 Å². The molecule has 1 fully saturated rings. The maximum Gasteiger partial charge on any atom is 0.331 e. The second kappa shape index (κ2) is 7.57. The number of pyridine rings is 1. The molecule has 1 aliphatic rings. The van der Waals surface area contributed by atoms with Crippen molar-refractivity contribution in [3.8, 4) is 0 Å². The highest BCUT2D eigenvalue weighted by atomic mass is 16.3. The van der Waals surface area contributed by atoms with Crippen LogP contribution in [0.25, 0.3) is 11.2 Å². The quantitative estimate of drug-likeness (QED) is 0.663. The number of hydrogen-bond donors (Lipinski definition) is 0. The van der Waals surface area contributed by atoms with Gasteiger partial charge in [0, 0.05) is 38.4 Å². The number of hydrogen-bond acceptors (Lipinski definition) is 5. The van der Waals surface area contributed by atoms with Gasteiger partial charge in [0.15, 0.2) is 11.4 Å². The summed E-state index contributed by atoms with van der Waals surface area (Å²) in [5, 5.41) is 0. The molecule has 0 aliphatic carbocycles. The molecule has 0 bridgehead atoms. The molecular formula is C20H23N5O4. The van der Waals surface area contributed by atoms with Crippen molar-refractivity contribution in [2.45, 2.75) is 26.4 Å². The summed E-state index contributed by atoms with van der Waals surface area (Å²) in [5.74, 6) is -0.0291. The molecule has 3 aromatic rings. The minimum atomic E-state index is -0.242. The zero-order chi connectivity index (χ0) is 20.5. The van der Waals surface area contributed by atoms with Gasteiger partial charge in [0.1, 0.15) is 6.54 Å². The van der Waals surface area contributed by atoms with E-state index in [9.17, 15) is 14.4 Å². The Labute approximate surface area is 167 Å². The van der Waals surface area contributed by atoms with Gasteiger partial charge < -0.3 is 14.2 Å². The van der Waals surface area contributed by atoms with E-state index in [2.05, 4.69) is 4.98 Å². The van der Waals surface area contributed by atoms with Crippen LogP contribution in [0.15, 0.2) is 45.9 Å². The fourth-order valence-electron chi connectivity index (χ4n) is 3.68. The van der Waals surface area contributed by atoms with E-state index in [-0.39, 0.29) is 30.1 Å². The molecule has 2 amide bonds. The first kappa shape index (κ1) is 19.0. The molecular weight excluding hydrogens is 374 g/mol. The molecule has 152 valence electrons. The number of aromatic nitrogens is 3. The predicted octanol–water partition coefficient (Wildman–Crippen LogP) is 1.36. The zero-order valence-corrected chi connectivity index (χ0v) is 16.4. The molecule has 0 radical (unpaired) electrons. The summed E-state index contributed by atoms with van der Waals surface area (Å²) < 4.78 is 8.24. The van der Waals surface area contributed by atoms with Crippen LogP contribution in [-0.2, 0) is 11.3 Å². The van der Waals surface area contributed by atoms with Crippen LogP contribution >= 0.6 is 0 Å². The van der Waals surface area contributed by atoms with E-state index in [0.717, 1.165) is 0 Å². The number of carbonyl (C=O) groups is 2. The monoisotopic (exact) mass is 397 g/mol. The van der Waals surface area contributed by atoms with Crippen LogP contribution in [-0.4, -0.2) is 61.9 Å². The summed E-state index contributed by atoms with van der Waals surface area (Å²) in [5.41, 5.74) is 0.981. The molecule has 4 rings (SSSR count). The highest BCUT2D eigenvalue weighted by molar-refractivity contribution is 5.91. The van der Waals surface area contributed by atoms with Crippen molar-refractivity contribution in [1.29, 1.82) is 0 Å². The van der Waals surface area contributed by atoms with Gasteiger partial charge in [0.05, 0.1) is 11.8 Å². The molecule has 0 atom stereocenters. The van der Waals surface area contributed by atoms with Crippen LogP contribution in [0.5, 0.6) is 0 Å². The first-order valence-electron chi connectivity index (χ1n) is 9.63. The van der Waals surface area contributed by atoms with Crippen LogP contribution in [0.2, 0.25) is 0 Å². The van der Waals surface area contributed by atoms with Crippen LogP contribution in [0.3, 0.4) is 0 Å². The maximum absolute atomic E-state index is 12.9. The van der Waals surface area contributed by atoms with Gasteiger partial charge in [0.25, 0.3) is 5.91 Å². The topological polar surface area (TPSA) is 93.6 Å². The molecule has 9 nitrogen and oxygen atoms in total. The number of rotatable bonds is 4. The fraction of sp³-hybridized carbons (Fsp3) is 0.400. The number of piperazine rings is 1. The molecule has 4 heterocycles. The highest BCUT2D eigenvalue weighted by Crippen LogP contribution is 2.15. The van der Waals surface area contributed by atoms with Gasteiger partial charge in [-0.3, -0.25) is 18.7 Å². The summed E-state index contributed by atoms with van der Waals surface area (Å²) >= 11 is 0. The van der Waals surface area contributed by atoms with Gasteiger partial charge in [-0.2, -0.15) is 0 Å². The minimum Gasteiger partial charge on any atom is -0.459 e. The summed E-state index contributed by atoms with van der Waals surface area (Å²) in [6, 6.07) is 6.80. The first-order chi connectivity index (χ1) is 14.0. The zero-order valence-electron chi connectivity index (χ0n) is 16.4. The van der Waals surface area contributed by atoms with Crippen LogP contribution in [0.1, 0.15) is 30.4 Å². The molecule has 29 heavy (non-hydrogen) atoms. The van der Waals surface area contributed by atoms with E-state index in [1.165, 1.54) is 10.8 Å². The van der Waals surface area contributed by atoms with Gasteiger partial charge in [-0.05, 0) is 38.1 Å². The van der Waals surface area contributed by atoms with Crippen molar-refractivity contribution in [2.24, 2.45) is 0 Å². The molecule has 3 aromatic heterocycles. The summed E-state index contributed by atoms with van der Waals surface area (Å²) in [4.78, 5) is 45.8. The van der Waals surface area contributed by atoms with Crippen molar-refractivity contribution in [1.82, 2.24) is 23.9 Å². The minimum absolute atomic E-state index is 0.0487. The number of imidazole rings is 1. The van der Waals surface area contributed by atoms with Gasteiger partial charge >= 0.3 is 5.69 Å². The highest BCUT2D eigenvalue weighted by Gasteiger charge is 2.27. The third-order valence-electron chi connectivity index (χ3n) is 5.18. The Morgan fingerprint density at radius 2 is 1.83 bits per heavy atom. The fourth-order valence-corrected chi connectivity index (χ4v) is 3.68. The van der Waals surface area contributed by atoms with E-state index in [1.807, 2.05) is 13.8 Å². The second-order valence-electron chi connectivity index (χ2n) is 7.33. The van der Waals surface area contributed by atoms with Crippen molar-refractivity contribution in [3.63, 3.8) is 0 Å². The lowest BCUT2D eigenvalue weighted by Gasteiger charge is -2.34. The molecule has 0 saturated carbocycles. The molecule has 1 aliphatic heterocycles. The summed E-state index contributed by atoms with van der Waals surface area (Å²) in [6.45, 7) is 5.47. The number of nitrogens with zero attached hydrogens (tertiary/aromatic N) is 5. The van der Waals surface area contributed by atoms with Gasteiger partial charge in [-0.25, -0.2) is 9.78 Å². The Hall–Kier alpha value is -3.36. The number of amides is 2. The Kier molecular flexibility index (Phi) is 4.96. The third kappa shape index (κ3) is 3.43. The Morgan fingerprint density at radius 1 is 1.10 bits per heavy atom. The van der Waals surface area contributed by atoms with Crippen molar-refractivity contribution in [2.75, 3.05) is 26.2 Å². The predicted molar refractivity (Wildman–Crippen MR) is 106 cm³/mol. The lowest BCUT2D eigenvalue weighted by molar-refractivity contribution is -0.133. The molecule has 0 N–H and O–H groups in total. The lowest BCUT2D eigenvalue weighted by atomic mass is 10.2. The first-order valence-corrected chi connectivity index (χ1v) is 9.63. The van der Waals surface area contributed by atoms with E-state index in [1.54, 1.807) is 44.8 Å². The number of fused-ring (bicyclic) bond motifs is 1. The van der Waals surface area contributed by atoms with Crippen molar-refractivity contribution in [3.05, 3.63) is 53.0 Å². The second-order valence-corrected chi connectivity index (χ2v) is 7.33.